The van der Waals surface area contributed by atoms with E-state index < -0.39 is 11.6 Å². The zero-order valence-corrected chi connectivity index (χ0v) is 30.2. The molecule has 4 aromatic heterocycles. The van der Waals surface area contributed by atoms with E-state index in [2.05, 4.69) is 36.8 Å². The number of fused-ring (bicyclic) bond motifs is 3. The van der Waals surface area contributed by atoms with Crippen LogP contribution in [0.25, 0.3) is 27.4 Å². The summed E-state index contributed by atoms with van der Waals surface area (Å²) in [6.45, 7) is 2.80. The van der Waals surface area contributed by atoms with Crippen LogP contribution < -0.4 is 15.5 Å². The first kappa shape index (κ1) is 32.9. The lowest BCUT2D eigenvalue weighted by atomic mass is 9.58. The fraction of sp³-hybridized carbons (Fsp3) is 0.368. The Morgan fingerprint density at radius 2 is 1.93 bits per heavy atom. The minimum Gasteiger partial charge on any atom is -0.387 e. The molecule has 0 bridgehead atoms. The van der Waals surface area contributed by atoms with Crippen molar-refractivity contribution in [2.45, 2.75) is 43.2 Å². The molecule has 8 heterocycles. The maximum absolute atomic E-state index is 13.6. The average Bonchev–Trinajstić information content (AvgIpc) is 3.86. The maximum Gasteiger partial charge on any atom is 0.246 e. The van der Waals surface area contributed by atoms with Crippen molar-refractivity contribution in [3.8, 4) is 22.5 Å². The zero-order chi connectivity index (χ0) is 36.8. The molecule has 2 N–H and O–H groups in total. The van der Waals surface area contributed by atoms with Gasteiger partial charge in [-0.2, -0.15) is 10.3 Å². The molecule has 1 saturated carbocycles. The molecule has 2 unspecified atom stereocenters. The number of aromatic nitrogens is 5. The third-order valence-corrected chi connectivity index (χ3v) is 12.7. The highest BCUT2D eigenvalue weighted by Crippen LogP contribution is 2.57. The summed E-state index contributed by atoms with van der Waals surface area (Å²) in [7, 11) is 1.87. The summed E-state index contributed by atoms with van der Waals surface area (Å²) >= 11 is 1.59. The van der Waals surface area contributed by atoms with Crippen molar-refractivity contribution in [3.05, 3.63) is 77.2 Å². The number of benzene rings is 1. The van der Waals surface area contributed by atoms with E-state index in [1.807, 2.05) is 71.4 Å². The molecule has 3 amide bonds. The van der Waals surface area contributed by atoms with Crippen LogP contribution in [0.2, 0.25) is 0 Å². The highest BCUT2D eigenvalue weighted by molar-refractivity contribution is 7.14. The van der Waals surface area contributed by atoms with Crippen LogP contribution in [-0.2, 0) is 24.8 Å². The molecule has 4 aliphatic heterocycles. The largest absolute Gasteiger partial charge is 0.387 e. The third kappa shape index (κ3) is 5.17. The van der Waals surface area contributed by atoms with Gasteiger partial charge in [0.15, 0.2) is 5.01 Å². The van der Waals surface area contributed by atoms with Crippen LogP contribution in [0, 0.1) is 16.7 Å². The number of imide groups is 1. The summed E-state index contributed by atoms with van der Waals surface area (Å²) in [5, 5.41) is 28.4. The molecular formula is C38H35N11O4S. The van der Waals surface area contributed by atoms with Crippen LogP contribution in [0.1, 0.15) is 47.7 Å². The number of hydroxylamine groups is 2. The van der Waals surface area contributed by atoms with Gasteiger partial charge in [-0.1, -0.05) is 29.5 Å². The number of hydrogen-bond acceptors (Lipinski definition) is 13. The summed E-state index contributed by atoms with van der Waals surface area (Å²) in [5.41, 5.74) is 4.50. The second-order valence-electron chi connectivity index (χ2n) is 15.1. The number of nitriles is 1. The molecule has 15 nitrogen and oxygen atoms in total. The molecule has 10 rings (SSSR count). The van der Waals surface area contributed by atoms with Crippen molar-refractivity contribution < 1.29 is 19.2 Å². The second kappa shape index (κ2) is 12.1. The first-order valence-corrected chi connectivity index (χ1v) is 18.9. The van der Waals surface area contributed by atoms with E-state index in [9.17, 15) is 19.6 Å². The Hall–Kier alpha value is -5.76. The van der Waals surface area contributed by atoms with Crippen LogP contribution in [0.15, 0.2) is 61.1 Å². The van der Waals surface area contributed by atoms with Gasteiger partial charge in [0, 0.05) is 84.9 Å². The number of rotatable bonds is 7. The van der Waals surface area contributed by atoms with Crippen LogP contribution in [0.3, 0.4) is 0 Å². The summed E-state index contributed by atoms with van der Waals surface area (Å²) < 4.78 is 1.90. The monoisotopic (exact) mass is 741 g/mol. The molecule has 2 atom stereocenters. The first-order chi connectivity index (χ1) is 26.2. The lowest BCUT2D eigenvalue weighted by molar-refractivity contribution is -0.366. The van der Waals surface area contributed by atoms with Gasteiger partial charge in [-0.25, -0.2) is 9.97 Å². The van der Waals surface area contributed by atoms with Crippen LogP contribution in [0.5, 0.6) is 0 Å². The first-order valence-electron chi connectivity index (χ1n) is 18.0. The highest BCUT2D eigenvalue weighted by Gasteiger charge is 2.58. The lowest BCUT2D eigenvalue weighted by Gasteiger charge is -2.58. The van der Waals surface area contributed by atoms with Crippen LogP contribution in [-0.4, -0.2) is 98.2 Å². The minimum atomic E-state index is -0.610. The van der Waals surface area contributed by atoms with Gasteiger partial charge in [-0.05, 0) is 37.5 Å². The number of nitrogens with zero attached hydrogens (tertiary/aromatic N) is 9. The highest BCUT2D eigenvalue weighted by atomic mass is 32.1. The van der Waals surface area contributed by atoms with Gasteiger partial charge in [-0.3, -0.25) is 29.1 Å². The number of anilines is 2. The van der Waals surface area contributed by atoms with Gasteiger partial charge in [0.25, 0.3) is 0 Å². The number of hydrogen-bond donors (Lipinski definition) is 2. The number of pyridine rings is 2. The lowest BCUT2D eigenvalue weighted by Crippen LogP contribution is -2.66. The Labute approximate surface area is 313 Å². The maximum atomic E-state index is 13.6. The Morgan fingerprint density at radius 3 is 2.72 bits per heavy atom. The molecule has 5 aromatic rings. The molecule has 5 aliphatic rings. The van der Waals surface area contributed by atoms with E-state index >= 15 is 0 Å². The summed E-state index contributed by atoms with van der Waals surface area (Å²) in [4.78, 5) is 57.3. The van der Waals surface area contributed by atoms with Crippen molar-refractivity contribution in [2.24, 2.45) is 5.41 Å². The molecule has 2 spiro atoms. The topological polar surface area (TPSA) is 174 Å². The van der Waals surface area contributed by atoms with Crippen molar-refractivity contribution >= 4 is 51.5 Å². The van der Waals surface area contributed by atoms with E-state index in [0.29, 0.717) is 43.2 Å². The molecule has 0 radical (unpaired) electrons. The van der Waals surface area contributed by atoms with E-state index in [0.717, 1.165) is 69.5 Å². The van der Waals surface area contributed by atoms with Gasteiger partial charge < -0.3 is 15.1 Å². The standard InChI is InChI=1S/C38H35N11O4S/c1-40-27-11-30(48-9-8-23-10-22(14-39)15-42-33(23)48)41-16-25(27)36-45-44-35(54-36)24-12-37(13-24)18-47(19-37)32(51)17-46-20-38(26-4-2-3-5-28(26)46)21-49(53-38)29-6-7-31(50)43-34(29)52/h2-5,8-11,15-16,24,29H,6-7,12-13,17-21H2,1H3,(H,40,41)(H,43,50,52). The minimum absolute atomic E-state index is 0.0987. The van der Waals surface area contributed by atoms with E-state index in [1.165, 1.54) is 0 Å². The average molecular weight is 742 g/mol. The molecule has 272 valence electrons. The molecule has 4 fully saturated rings. The SMILES string of the molecule is CNc1cc(-n2ccc3cc(C#N)cnc32)ncc1-c1nnc(C2CC3(C2)CN(C(=O)CN2CC4(CN(C5CCC(=O)NC5=O)O4)c4ccccc42)C3)s1. The molecular weight excluding hydrogens is 707 g/mol. The number of nitrogens with one attached hydrogen (secondary N) is 2. The quantitative estimate of drug-likeness (QED) is 0.233. The normalized spacial score (nSPS) is 23.1. The van der Waals surface area contributed by atoms with E-state index in [4.69, 9.17) is 9.82 Å². The fourth-order valence-corrected chi connectivity index (χ4v) is 9.89. The van der Waals surface area contributed by atoms with Crippen molar-refractivity contribution in [1.29, 1.82) is 5.26 Å². The Kier molecular flexibility index (Phi) is 7.38. The Balaban J connectivity index is 0.757. The molecule has 1 aliphatic carbocycles. The van der Waals surface area contributed by atoms with E-state index in [-0.39, 0.29) is 29.7 Å². The van der Waals surface area contributed by atoms with Crippen LogP contribution in [0.4, 0.5) is 11.4 Å². The van der Waals surface area contributed by atoms with E-state index in [1.54, 1.807) is 22.6 Å². The number of carbonyl (C=O) groups excluding carboxylic acids is 3. The van der Waals surface area contributed by atoms with Gasteiger partial charge >= 0.3 is 0 Å². The molecule has 3 saturated heterocycles. The van der Waals surface area contributed by atoms with Crippen molar-refractivity contribution in [2.75, 3.05) is 50.0 Å². The number of amides is 3. The summed E-state index contributed by atoms with van der Waals surface area (Å²) in [6, 6.07) is 15.3. The number of piperidine rings is 1. The van der Waals surface area contributed by atoms with Crippen molar-refractivity contribution in [1.82, 2.24) is 40.0 Å². The van der Waals surface area contributed by atoms with Gasteiger partial charge in [0.1, 0.15) is 34.2 Å². The Morgan fingerprint density at radius 1 is 1.09 bits per heavy atom. The number of carbonyl (C=O) groups is 3. The van der Waals surface area contributed by atoms with Gasteiger partial charge in [-0.15, -0.1) is 10.2 Å². The number of likely N-dealkylation sites (tertiary alicyclic amines) is 1. The molecule has 1 aromatic carbocycles. The number of para-hydroxylation sites is 1. The third-order valence-electron chi connectivity index (χ3n) is 11.6. The van der Waals surface area contributed by atoms with Gasteiger partial charge in [0.2, 0.25) is 17.7 Å². The van der Waals surface area contributed by atoms with Crippen molar-refractivity contribution in [3.63, 3.8) is 0 Å². The fourth-order valence-electron chi connectivity index (χ4n) is 8.92. The summed E-state index contributed by atoms with van der Waals surface area (Å²) in [5.74, 6) is 0.538. The zero-order valence-electron chi connectivity index (χ0n) is 29.4. The second-order valence-corrected chi connectivity index (χ2v) is 16.1. The molecule has 54 heavy (non-hydrogen) atoms. The predicted octanol–water partition coefficient (Wildman–Crippen LogP) is 3.33. The smallest absolute Gasteiger partial charge is 0.246 e. The summed E-state index contributed by atoms with van der Waals surface area (Å²) in [6.07, 6.45) is 7.95. The molecule has 16 heteroatoms. The predicted molar refractivity (Wildman–Crippen MR) is 197 cm³/mol. The Bertz CT molecular complexity index is 2420. The van der Waals surface area contributed by atoms with Gasteiger partial charge in [0.05, 0.1) is 30.8 Å². The van der Waals surface area contributed by atoms with Crippen LogP contribution >= 0.6 is 11.3 Å².